The lowest BCUT2D eigenvalue weighted by molar-refractivity contribution is 0.433. The zero-order valence-electron chi connectivity index (χ0n) is 8.39. The van der Waals surface area contributed by atoms with E-state index in [1.54, 1.807) is 0 Å². The Balaban J connectivity index is 3.27. The molecule has 0 unspecified atom stereocenters. The predicted octanol–water partition coefficient (Wildman–Crippen LogP) is 3.46. The van der Waals surface area contributed by atoms with Crippen molar-refractivity contribution in [2.24, 2.45) is 5.41 Å². The number of hydrogen-bond donors (Lipinski definition) is 0. The fourth-order valence-electron chi connectivity index (χ4n) is 0.971. The lowest BCUT2D eigenvalue weighted by Crippen LogP contribution is -2.07. The third-order valence-electron chi connectivity index (χ3n) is 1.85. The number of unbranched alkanes of at least 4 members (excludes halogenated alkanes) is 1. The van der Waals surface area contributed by atoms with Crippen LogP contribution in [0.3, 0.4) is 0 Å². The molecule has 0 heterocycles. The first-order chi connectivity index (χ1) is 5.62. The molecular weight excluding hydrogens is 166 g/mol. The molecule has 0 N–H and O–H groups in total. The van der Waals surface area contributed by atoms with E-state index >= 15 is 0 Å². The van der Waals surface area contributed by atoms with E-state index in [1.165, 1.54) is 24.3 Å². The van der Waals surface area contributed by atoms with Gasteiger partial charge in [0.15, 0.2) is 0 Å². The molecule has 70 valence electrons. The molecule has 0 aliphatic rings. The first-order valence-electron chi connectivity index (χ1n) is 4.61. The molecule has 0 amide bonds. The number of nitriles is 1. The van der Waals surface area contributed by atoms with Crippen LogP contribution in [-0.4, -0.2) is 11.5 Å². The van der Waals surface area contributed by atoms with Gasteiger partial charge in [0.2, 0.25) is 0 Å². The summed E-state index contributed by atoms with van der Waals surface area (Å²) in [5, 5.41) is 8.74. The summed E-state index contributed by atoms with van der Waals surface area (Å²) in [6, 6.07) is 2.33. The molecule has 0 radical (unpaired) electrons. The molecule has 0 saturated heterocycles. The van der Waals surface area contributed by atoms with Crippen molar-refractivity contribution >= 4 is 11.8 Å². The number of hydrogen-bond acceptors (Lipinski definition) is 2. The number of nitrogens with zero attached hydrogens (tertiary/aromatic N) is 1. The molecule has 0 aromatic rings. The molecule has 0 aromatic heterocycles. The second kappa shape index (κ2) is 6.37. The van der Waals surface area contributed by atoms with Crippen molar-refractivity contribution in [2.75, 3.05) is 11.5 Å². The third-order valence-corrected chi connectivity index (χ3v) is 2.83. The molecule has 0 bridgehead atoms. The topological polar surface area (TPSA) is 23.8 Å². The van der Waals surface area contributed by atoms with Gasteiger partial charge in [-0.05, 0) is 38.2 Å². The van der Waals surface area contributed by atoms with Crippen molar-refractivity contribution in [3.63, 3.8) is 0 Å². The van der Waals surface area contributed by atoms with Crippen LogP contribution in [0.15, 0.2) is 0 Å². The zero-order chi connectivity index (χ0) is 9.45. The van der Waals surface area contributed by atoms with E-state index in [0.29, 0.717) is 0 Å². The lowest BCUT2D eigenvalue weighted by atomic mass is 9.89. The van der Waals surface area contributed by atoms with E-state index in [1.807, 2.05) is 25.6 Å². The molecule has 0 aliphatic heterocycles. The summed E-state index contributed by atoms with van der Waals surface area (Å²) >= 11 is 1.98. The van der Waals surface area contributed by atoms with Gasteiger partial charge in [-0.15, -0.1) is 0 Å². The molecule has 0 fully saturated rings. The molecule has 2 heteroatoms. The minimum Gasteiger partial charge on any atom is -0.198 e. The largest absolute Gasteiger partial charge is 0.198 e. The Bertz CT molecular complexity index is 146. The maximum absolute atomic E-state index is 8.74. The fraction of sp³-hybridized carbons (Fsp3) is 0.900. The van der Waals surface area contributed by atoms with Crippen LogP contribution in [0.2, 0.25) is 0 Å². The minimum atomic E-state index is -0.114. The Kier molecular flexibility index (Phi) is 6.28. The van der Waals surface area contributed by atoms with Crippen LogP contribution in [0.25, 0.3) is 0 Å². The molecule has 0 aromatic carbocycles. The molecular formula is C10H19NS. The number of thioether (sulfide) groups is 1. The fourth-order valence-corrected chi connectivity index (χ4v) is 1.67. The summed E-state index contributed by atoms with van der Waals surface area (Å²) in [6.07, 6.45) is 3.48. The van der Waals surface area contributed by atoms with Crippen molar-refractivity contribution < 1.29 is 0 Å². The molecule has 0 atom stereocenters. The van der Waals surface area contributed by atoms with Crippen LogP contribution >= 0.6 is 11.8 Å². The Labute approximate surface area is 80.5 Å². The highest BCUT2D eigenvalue weighted by molar-refractivity contribution is 7.99. The molecule has 0 spiro atoms. The maximum Gasteiger partial charge on any atom is 0.0683 e. The van der Waals surface area contributed by atoms with Gasteiger partial charge in [0, 0.05) is 0 Å². The summed E-state index contributed by atoms with van der Waals surface area (Å²) in [4.78, 5) is 0. The molecule has 1 nitrogen and oxygen atoms in total. The predicted molar refractivity (Wildman–Crippen MR) is 56.2 cm³/mol. The van der Waals surface area contributed by atoms with Crippen molar-refractivity contribution in [1.29, 1.82) is 5.26 Å². The Morgan fingerprint density at radius 1 is 1.33 bits per heavy atom. The highest BCUT2D eigenvalue weighted by Gasteiger charge is 2.14. The van der Waals surface area contributed by atoms with Crippen molar-refractivity contribution in [3.05, 3.63) is 0 Å². The quantitative estimate of drug-likeness (QED) is 0.592. The van der Waals surface area contributed by atoms with Crippen LogP contribution in [0.4, 0.5) is 0 Å². The van der Waals surface area contributed by atoms with E-state index in [-0.39, 0.29) is 5.41 Å². The van der Waals surface area contributed by atoms with Gasteiger partial charge >= 0.3 is 0 Å². The van der Waals surface area contributed by atoms with Crippen LogP contribution in [0, 0.1) is 16.7 Å². The van der Waals surface area contributed by atoms with E-state index in [0.717, 1.165) is 6.42 Å². The number of rotatable bonds is 6. The van der Waals surface area contributed by atoms with Gasteiger partial charge in [0.25, 0.3) is 0 Å². The smallest absolute Gasteiger partial charge is 0.0683 e. The van der Waals surface area contributed by atoms with Gasteiger partial charge in [-0.1, -0.05) is 13.3 Å². The third kappa shape index (κ3) is 6.54. The summed E-state index contributed by atoms with van der Waals surface area (Å²) in [5.74, 6) is 2.46. The Morgan fingerprint density at radius 2 is 2.00 bits per heavy atom. The van der Waals surface area contributed by atoms with Crippen LogP contribution < -0.4 is 0 Å². The average Bonchev–Trinajstić information content (AvgIpc) is 2.04. The Morgan fingerprint density at radius 3 is 2.50 bits per heavy atom. The lowest BCUT2D eigenvalue weighted by Gasteiger charge is -2.13. The molecule has 0 aliphatic carbocycles. The second-order valence-electron chi connectivity index (χ2n) is 3.65. The Hall–Kier alpha value is -0.160. The van der Waals surface area contributed by atoms with E-state index in [9.17, 15) is 0 Å². The summed E-state index contributed by atoms with van der Waals surface area (Å²) < 4.78 is 0. The minimum absolute atomic E-state index is 0.114. The van der Waals surface area contributed by atoms with Gasteiger partial charge < -0.3 is 0 Å². The van der Waals surface area contributed by atoms with Crippen molar-refractivity contribution in [1.82, 2.24) is 0 Å². The normalized spacial score (nSPS) is 11.2. The first-order valence-corrected chi connectivity index (χ1v) is 5.77. The van der Waals surface area contributed by atoms with E-state index < -0.39 is 0 Å². The standard InChI is InChI=1S/C10H19NS/c1-4-12-8-6-5-7-10(2,3)9-11/h4-8H2,1-3H3. The van der Waals surface area contributed by atoms with Crippen molar-refractivity contribution in [3.8, 4) is 6.07 Å². The van der Waals surface area contributed by atoms with Crippen LogP contribution in [0.5, 0.6) is 0 Å². The SMILES string of the molecule is CCSCCCCC(C)(C)C#N. The summed E-state index contributed by atoms with van der Waals surface area (Å²) in [6.45, 7) is 6.21. The highest BCUT2D eigenvalue weighted by Crippen LogP contribution is 2.22. The van der Waals surface area contributed by atoms with Gasteiger partial charge in [-0.3, -0.25) is 0 Å². The van der Waals surface area contributed by atoms with Gasteiger partial charge in [-0.25, -0.2) is 0 Å². The van der Waals surface area contributed by atoms with Crippen LogP contribution in [-0.2, 0) is 0 Å². The molecule has 12 heavy (non-hydrogen) atoms. The first kappa shape index (κ1) is 11.8. The monoisotopic (exact) mass is 185 g/mol. The molecule has 0 saturated carbocycles. The van der Waals surface area contributed by atoms with Gasteiger partial charge in [-0.2, -0.15) is 17.0 Å². The summed E-state index contributed by atoms with van der Waals surface area (Å²) in [7, 11) is 0. The highest BCUT2D eigenvalue weighted by atomic mass is 32.2. The molecule has 0 rings (SSSR count). The zero-order valence-corrected chi connectivity index (χ0v) is 9.21. The van der Waals surface area contributed by atoms with Crippen LogP contribution in [0.1, 0.15) is 40.0 Å². The second-order valence-corrected chi connectivity index (χ2v) is 5.04. The van der Waals surface area contributed by atoms with Gasteiger partial charge in [0.05, 0.1) is 11.5 Å². The van der Waals surface area contributed by atoms with E-state index in [2.05, 4.69) is 13.0 Å². The maximum atomic E-state index is 8.74. The van der Waals surface area contributed by atoms with Gasteiger partial charge in [0.1, 0.15) is 0 Å². The average molecular weight is 185 g/mol. The summed E-state index contributed by atoms with van der Waals surface area (Å²) in [5.41, 5.74) is -0.114. The van der Waals surface area contributed by atoms with E-state index in [4.69, 9.17) is 5.26 Å². The van der Waals surface area contributed by atoms with Crippen molar-refractivity contribution in [2.45, 2.75) is 40.0 Å².